The molecule has 1 N–H and O–H groups in total. The van der Waals surface area contributed by atoms with Crippen LogP contribution in [0.25, 0.3) is 22.2 Å². The molecular formula is C27H29N3O. The van der Waals surface area contributed by atoms with E-state index in [2.05, 4.69) is 72.3 Å². The third-order valence-corrected chi connectivity index (χ3v) is 5.62. The molecule has 158 valence electrons. The van der Waals surface area contributed by atoms with Gasteiger partial charge in [0, 0.05) is 25.1 Å². The summed E-state index contributed by atoms with van der Waals surface area (Å²) in [5, 5.41) is 3.01. The summed E-state index contributed by atoms with van der Waals surface area (Å²) in [4.78, 5) is 17.3. The first-order valence-corrected chi connectivity index (χ1v) is 11.1. The van der Waals surface area contributed by atoms with Crippen molar-refractivity contribution in [3.8, 4) is 11.1 Å². The van der Waals surface area contributed by atoms with E-state index in [4.69, 9.17) is 4.98 Å². The number of fused-ring (bicyclic) bond motifs is 1. The first-order valence-electron chi connectivity index (χ1n) is 11.1. The van der Waals surface area contributed by atoms with Crippen LogP contribution in [-0.4, -0.2) is 22.0 Å². The lowest BCUT2D eigenvalue weighted by Gasteiger charge is -2.10. The van der Waals surface area contributed by atoms with Crippen LogP contribution in [0.1, 0.15) is 48.4 Å². The second kappa shape index (κ2) is 9.61. The number of nitrogens with one attached hydrogen (secondary N) is 1. The second-order valence-corrected chi connectivity index (χ2v) is 7.84. The Hall–Kier alpha value is -3.40. The molecule has 4 rings (SSSR count). The van der Waals surface area contributed by atoms with Crippen LogP contribution in [0.2, 0.25) is 0 Å². The number of aryl methyl sites for hydroxylation is 1. The van der Waals surface area contributed by atoms with E-state index in [1.54, 1.807) is 0 Å². The van der Waals surface area contributed by atoms with Gasteiger partial charge in [0.1, 0.15) is 5.82 Å². The highest BCUT2D eigenvalue weighted by Crippen LogP contribution is 2.23. The minimum atomic E-state index is -0.0200. The van der Waals surface area contributed by atoms with Crippen LogP contribution in [-0.2, 0) is 13.0 Å². The van der Waals surface area contributed by atoms with E-state index in [0.29, 0.717) is 12.1 Å². The van der Waals surface area contributed by atoms with E-state index in [1.807, 2.05) is 24.3 Å². The van der Waals surface area contributed by atoms with E-state index in [9.17, 15) is 4.79 Å². The molecule has 4 aromatic rings. The Morgan fingerprint density at radius 2 is 1.68 bits per heavy atom. The van der Waals surface area contributed by atoms with Crippen molar-refractivity contribution < 1.29 is 4.79 Å². The van der Waals surface area contributed by atoms with Gasteiger partial charge in [-0.2, -0.15) is 0 Å². The number of hydrogen-bond donors (Lipinski definition) is 1. The molecule has 3 aromatic carbocycles. The number of imidazole rings is 1. The standard InChI is InChI=1S/C27H29N3O/c1-3-5-17-28-27(31)23-15-16-24-25(18-23)30(26(4-2)29-24)19-20-11-13-22(14-12-20)21-9-7-6-8-10-21/h6-16,18H,3-5,17,19H2,1-2H3,(H,28,31). The molecule has 0 atom stereocenters. The summed E-state index contributed by atoms with van der Waals surface area (Å²) >= 11 is 0. The van der Waals surface area contributed by atoms with Crippen molar-refractivity contribution in [2.45, 2.75) is 39.7 Å². The van der Waals surface area contributed by atoms with E-state index in [-0.39, 0.29) is 5.91 Å². The molecule has 0 unspecified atom stereocenters. The Morgan fingerprint density at radius 3 is 2.39 bits per heavy atom. The highest BCUT2D eigenvalue weighted by Gasteiger charge is 2.13. The summed E-state index contributed by atoms with van der Waals surface area (Å²) in [6.07, 6.45) is 2.90. The Morgan fingerprint density at radius 1 is 0.935 bits per heavy atom. The zero-order chi connectivity index (χ0) is 21.6. The third-order valence-electron chi connectivity index (χ3n) is 5.62. The summed E-state index contributed by atoms with van der Waals surface area (Å²) in [7, 11) is 0. The van der Waals surface area contributed by atoms with Crippen molar-refractivity contribution in [1.29, 1.82) is 0 Å². The first kappa shape index (κ1) is 20.9. The zero-order valence-electron chi connectivity index (χ0n) is 18.3. The molecule has 0 saturated heterocycles. The molecule has 0 radical (unpaired) electrons. The number of unbranched alkanes of at least 4 members (excludes halogenated alkanes) is 1. The van der Waals surface area contributed by atoms with Gasteiger partial charge in [-0.3, -0.25) is 4.79 Å². The summed E-state index contributed by atoms with van der Waals surface area (Å²) in [5.74, 6) is 1.01. The van der Waals surface area contributed by atoms with Crippen molar-refractivity contribution in [2.24, 2.45) is 0 Å². The topological polar surface area (TPSA) is 46.9 Å². The van der Waals surface area contributed by atoms with Crippen LogP contribution < -0.4 is 5.32 Å². The van der Waals surface area contributed by atoms with Crippen LogP contribution in [0.15, 0.2) is 72.8 Å². The second-order valence-electron chi connectivity index (χ2n) is 7.84. The van der Waals surface area contributed by atoms with Crippen LogP contribution in [0.3, 0.4) is 0 Å². The van der Waals surface area contributed by atoms with Gasteiger partial charge in [0.15, 0.2) is 0 Å². The van der Waals surface area contributed by atoms with Gasteiger partial charge < -0.3 is 9.88 Å². The molecule has 0 fully saturated rings. The van der Waals surface area contributed by atoms with Crippen LogP contribution >= 0.6 is 0 Å². The van der Waals surface area contributed by atoms with Gasteiger partial charge >= 0.3 is 0 Å². The van der Waals surface area contributed by atoms with Gasteiger partial charge in [-0.1, -0.05) is 74.9 Å². The van der Waals surface area contributed by atoms with Crippen molar-refractivity contribution in [3.05, 3.63) is 89.7 Å². The van der Waals surface area contributed by atoms with Gasteiger partial charge in [-0.25, -0.2) is 4.98 Å². The number of carbonyl (C=O) groups excluding carboxylic acids is 1. The molecular weight excluding hydrogens is 382 g/mol. The summed E-state index contributed by atoms with van der Waals surface area (Å²) in [6, 6.07) is 24.9. The zero-order valence-corrected chi connectivity index (χ0v) is 18.3. The van der Waals surface area contributed by atoms with Gasteiger partial charge in [0.05, 0.1) is 11.0 Å². The van der Waals surface area contributed by atoms with E-state index in [0.717, 1.165) is 42.7 Å². The minimum absolute atomic E-state index is 0.0200. The van der Waals surface area contributed by atoms with Crippen molar-refractivity contribution >= 4 is 16.9 Å². The number of hydrogen-bond acceptors (Lipinski definition) is 2. The molecule has 31 heavy (non-hydrogen) atoms. The van der Waals surface area contributed by atoms with Crippen molar-refractivity contribution in [1.82, 2.24) is 14.9 Å². The number of benzene rings is 3. The maximum atomic E-state index is 12.5. The van der Waals surface area contributed by atoms with Gasteiger partial charge in [-0.05, 0) is 41.3 Å². The fourth-order valence-corrected chi connectivity index (χ4v) is 3.86. The predicted octanol–water partition coefficient (Wildman–Crippen LogP) is 5.84. The number of rotatable bonds is 8. The van der Waals surface area contributed by atoms with E-state index < -0.39 is 0 Å². The largest absolute Gasteiger partial charge is 0.352 e. The third kappa shape index (κ3) is 4.69. The van der Waals surface area contributed by atoms with Crippen molar-refractivity contribution in [2.75, 3.05) is 6.54 Å². The van der Waals surface area contributed by atoms with Crippen LogP contribution in [0, 0.1) is 0 Å². The normalized spacial score (nSPS) is 11.0. The summed E-state index contributed by atoms with van der Waals surface area (Å²) in [6.45, 7) is 5.68. The highest BCUT2D eigenvalue weighted by molar-refractivity contribution is 5.97. The first-order chi connectivity index (χ1) is 15.2. The Balaban J connectivity index is 1.61. The molecule has 0 aliphatic heterocycles. The summed E-state index contributed by atoms with van der Waals surface area (Å²) in [5.41, 5.74) is 6.27. The monoisotopic (exact) mass is 411 g/mol. The molecule has 0 aliphatic rings. The lowest BCUT2D eigenvalue weighted by Crippen LogP contribution is -2.24. The molecule has 1 amide bonds. The lowest BCUT2D eigenvalue weighted by atomic mass is 10.0. The Bertz CT molecular complexity index is 1160. The van der Waals surface area contributed by atoms with E-state index in [1.165, 1.54) is 16.7 Å². The minimum Gasteiger partial charge on any atom is -0.352 e. The quantitative estimate of drug-likeness (QED) is 0.370. The average molecular weight is 412 g/mol. The molecule has 0 saturated carbocycles. The smallest absolute Gasteiger partial charge is 0.251 e. The Labute approximate surface area is 183 Å². The highest BCUT2D eigenvalue weighted by atomic mass is 16.1. The van der Waals surface area contributed by atoms with Gasteiger partial charge in [-0.15, -0.1) is 0 Å². The van der Waals surface area contributed by atoms with Crippen molar-refractivity contribution in [3.63, 3.8) is 0 Å². The van der Waals surface area contributed by atoms with Gasteiger partial charge in [0.25, 0.3) is 5.91 Å². The maximum Gasteiger partial charge on any atom is 0.251 e. The molecule has 0 spiro atoms. The number of nitrogens with zero attached hydrogens (tertiary/aromatic N) is 2. The molecule has 1 aromatic heterocycles. The molecule has 4 heteroatoms. The average Bonchev–Trinajstić information content (AvgIpc) is 3.17. The van der Waals surface area contributed by atoms with Crippen LogP contribution in [0.4, 0.5) is 0 Å². The molecule has 0 bridgehead atoms. The molecule has 0 aliphatic carbocycles. The van der Waals surface area contributed by atoms with Gasteiger partial charge in [0.2, 0.25) is 0 Å². The lowest BCUT2D eigenvalue weighted by molar-refractivity contribution is 0.0953. The fraction of sp³-hybridized carbons (Fsp3) is 0.259. The number of aromatic nitrogens is 2. The molecule has 1 heterocycles. The summed E-state index contributed by atoms with van der Waals surface area (Å²) < 4.78 is 2.23. The Kier molecular flexibility index (Phi) is 6.46. The fourth-order valence-electron chi connectivity index (χ4n) is 3.86. The van der Waals surface area contributed by atoms with E-state index >= 15 is 0 Å². The van der Waals surface area contributed by atoms with Crippen LogP contribution in [0.5, 0.6) is 0 Å². The molecule has 4 nitrogen and oxygen atoms in total. The number of amides is 1. The maximum absolute atomic E-state index is 12.5. The SMILES string of the molecule is CCCCNC(=O)c1ccc2nc(CC)n(Cc3ccc(-c4ccccc4)cc3)c2c1. The number of carbonyl (C=O) groups is 1. The predicted molar refractivity (Wildman–Crippen MR) is 127 cm³/mol.